The molecule has 1 heterocycles. The van der Waals surface area contributed by atoms with Crippen LogP contribution in [0.3, 0.4) is 0 Å². The van der Waals surface area contributed by atoms with E-state index in [0.29, 0.717) is 22.7 Å². The number of nitrogens with one attached hydrogen (secondary N) is 2. The van der Waals surface area contributed by atoms with Crippen molar-refractivity contribution in [2.24, 2.45) is 0 Å². The highest BCUT2D eigenvalue weighted by atomic mass is 16.2. The molecule has 1 saturated heterocycles. The van der Waals surface area contributed by atoms with E-state index in [1.54, 1.807) is 12.1 Å². The number of piperazine rings is 1. The van der Waals surface area contributed by atoms with E-state index in [0.717, 1.165) is 37.6 Å². The highest BCUT2D eigenvalue weighted by molar-refractivity contribution is 5.94. The number of hydrogen-bond acceptors (Lipinski definition) is 6. The zero-order valence-corrected chi connectivity index (χ0v) is 16.2. The summed E-state index contributed by atoms with van der Waals surface area (Å²) in [4.78, 5) is 27.5. The lowest BCUT2D eigenvalue weighted by atomic mass is 10.1. The van der Waals surface area contributed by atoms with Crippen LogP contribution in [0.2, 0.25) is 0 Å². The van der Waals surface area contributed by atoms with Crippen LogP contribution in [0.5, 0.6) is 0 Å². The molecule has 6 N–H and O–H groups in total. The first-order valence-electron chi connectivity index (χ1n) is 9.17. The van der Waals surface area contributed by atoms with Crippen molar-refractivity contribution < 1.29 is 9.59 Å². The fourth-order valence-electron chi connectivity index (χ4n) is 3.43. The predicted molar refractivity (Wildman–Crippen MR) is 115 cm³/mol. The van der Waals surface area contributed by atoms with Crippen LogP contribution in [0.1, 0.15) is 13.8 Å². The molecule has 2 amide bonds. The fraction of sp³-hybridized carbons (Fsp3) is 0.300. The van der Waals surface area contributed by atoms with E-state index in [2.05, 4.69) is 20.4 Å². The average Bonchev–Trinajstić information content (AvgIpc) is 2.61. The molecule has 28 heavy (non-hydrogen) atoms. The quantitative estimate of drug-likeness (QED) is 0.602. The third kappa shape index (κ3) is 4.46. The van der Waals surface area contributed by atoms with Crippen LogP contribution in [-0.2, 0) is 9.59 Å². The maximum atomic E-state index is 11.5. The first kappa shape index (κ1) is 19.3. The highest BCUT2D eigenvalue weighted by Crippen LogP contribution is 2.32. The van der Waals surface area contributed by atoms with Crippen molar-refractivity contribution in [2.45, 2.75) is 13.8 Å². The zero-order chi connectivity index (χ0) is 20.3. The van der Waals surface area contributed by atoms with Crippen molar-refractivity contribution >= 4 is 45.9 Å². The molecule has 1 fully saturated rings. The van der Waals surface area contributed by atoms with Crippen molar-refractivity contribution in [3.05, 3.63) is 36.4 Å². The molecule has 0 bridgehead atoms. The second-order valence-corrected chi connectivity index (χ2v) is 6.89. The van der Waals surface area contributed by atoms with Gasteiger partial charge in [0.05, 0.1) is 22.7 Å². The Morgan fingerprint density at radius 1 is 0.750 bits per heavy atom. The molecule has 148 valence electrons. The fourth-order valence-corrected chi connectivity index (χ4v) is 3.43. The Kier molecular flexibility index (Phi) is 5.58. The number of nitrogen functional groups attached to an aromatic ring is 2. The van der Waals surface area contributed by atoms with Crippen LogP contribution < -0.4 is 31.9 Å². The van der Waals surface area contributed by atoms with Crippen LogP contribution in [0.25, 0.3) is 0 Å². The second-order valence-electron chi connectivity index (χ2n) is 6.89. The van der Waals surface area contributed by atoms with Gasteiger partial charge in [-0.15, -0.1) is 0 Å². The van der Waals surface area contributed by atoms with E-state index in [-0.39, 0.29) is 11.8 Å². The van der Waals surface area contributed by atoms with Crippen LogP contribution in [-0.4, -0.2) is 38.0 Å². The summed E-state index contributed by atoms with van der Waals surface area (Å²) >= 11 is 0. The molecule has 0 radical (unpaired) electrons. The third-order valence-corrected chi connectivity index (χ3v) is 4.62. The lowest BCUT2D eigenvalue weighted by Crippen LogP contribution is -2.47. The molecular formula is C20H26N6O2. The van der Waals surface area contributed by atoms with Crippen molar-refractivity contribution in [1.82, 2.24) is 0 Å². The van der Waals surface area contributed by atoms with Gasteiger partial charge >= 0.3 is 0 Å². The van der Waals surface area contributed by atoms with E-state index in [1.165, 1.54) is 13.8 Å². The summed E-state index contributed by atoms with van der Waals surface area (Å²) in [5.41, 5.74) is 16.3. The number of carbonyl (C=O) groups is 2. The highest BCUT2D eigenvalue weighted by Gasteiger charge is 2.22. The normalized spacial score (nSPS) is 13.9. The average molecular weight is 382 g/mol. The topological polar surface area (TPSA) is 117 Å². The Morgan fingerprint density at radius 3 is 1.43 bits per heavy atom. The minimum Gasteiger partial charge on any atom is -0.399 e. The molecule has 2 aromatic carbocycles. The Balaban J connectivity index is 1.77. The minimum absolute atomic E-state index is 0.132. The van der Waals surface area contributed by atoms with Crippen molar-refractivity contribution in [2.75, 3.05) is 58.1 Å². The monoisotopic (exact) mass is 382 g/mol. The van der Waals surface area contributed by atoms with E-state index in [1.807, 2.05) is 24.3 Å². The Morgan fingerprint density at radius 2 is 1.11 bits per heavy atom. The molecule has 0 spiro atoms. The van der Waals surface area contributed by atoms with E-state index in [9.17, 15) is 9.59 Å². The van der Waals surface area contributed by atoms with E-state index >= 15 is 0 Å². The van der Waals surface area contributed by atoms with Crippen molar-refractivity contribution in [1.29, 1.82) is 0 Å². The summed E-state index contributed by atoms with van der Waals surface area (Å²) in [5.74, 6) is -0.264. The first-order valence-corrected chi connectivity index (χ1v) is 9.17. The van der Waals surface area contributed by atoms with Crippen LogP contribution in [0.15, 0.2) is 36.4 Å². The van der Waals surface area contributed by atoms with Gasteiger partial charge < -0.3 is 31.9 Å². The molecule has 8 nitrogen and oxygen atoms in total. The molecule has 0 saturated carbocycles. The summed E-state index contributed by atoms with van der Waals surface area (Å²) in [7, 11) is 0. The lowest BCUT2D eigenvalue weighted by molar-refractivity contribution is -0.115. The largest absolute Gasteiger partial charge is 0.399 e. The van der Waals surface area contributed by atoms with Gasteiger partial charge in [0.2, 0.25) is 11.8 Å². The number of benzene rings is 2. The SMILES string of the molecule is CC(=O)Nc1cc(N)ccc1N1CCN(c2ccc(N)cc2NC(C)=O)CC1. The smallest absolute Gasteiger partial charge is 0.221 e. The molecule has 1 aliphatic rings. The van der Waals surface area contributed by atoms with Crippen LogP contribution >= 0.6 is 0 Å². The van der Waals surface area contributed by atoms with Crippen LogP contribution in [0.4, 0.5) is 34.1 Å². The van der Waals surface area contributed by atoms with Gasteiger partial charge in [-0.1, -0.05) is 0 Å². The van der Waals surface area contributed by atoms with Gasteiger partial charge in [-0.3, -0.25) is 9.59 Å². The summed E-state index contributed by atoms with van der Waals surface area (Å²) in [6, 6.07) is 11.1. The molecule has 0 aliphatic carbocycles. The number of nitrogens with zero attached hydrogens (tertiary/aromatic N) is 2. The maximum absolute atomic E-state index is 11.5. The first-order chi connectivity index (χ1) is 13.3. The zero-order valence-electron chi connectivity index (χ0n) is 16.2. The standard InChI is InChI=1S/C20H26N6O2/c1-13(27)23-17-11-15(21)3-5-19(17)25-7-9-26(10-8-25)20-6-4-16(22)12-18(20)24-14(2)28/h3-6,11-12H,7-10,21-22H2,1-2H3,(H,23,27)(H,24,28). The maximum Gasteiger partial charge on any atom is 0.221 e. The molecule has 0 aromatic heterocycles. The van der Waals surface area contributed by atoms with Gasteiger partial charge in [-0.05, 0) is 36.4 Å². The van der Waals surface area contributed by atoms with Gasteiger partial charge in [-0.2, -0.15) is 0 Å². The summed E-state index contributed by atoms with van der Waals surface area (Å²) in [5, 5.41) is 5.71. The molecule has 2 aromatic rings. The third-order valence-electron chi connectivity index (χ3n) is 4.62. The number of rotatable bonds is 4. The Labute approximate surface area is 164 Å². The van der Waals surface area contributed by atoms with E-state index in [4.69, 9.17) is 11.5 Å². The molecule has 1 aliphatic heterocycles. The Bertz CT molecular complexity index is 817. The van der Waals surface area contributed by atoms with Crippen molar-refractivity contribution in [3.8, 4) is 0 Å². The summed E-state index contributed by atoms with van der Waals surface area (Å²) in [6.45, 7) is 6.02. The van der Waals surface area contributed by atoms with Gasteiger partial charge in [0.15, 0.2) is 0 Å². The summed E-state index contributed by atoms with van der Waals surface area (Å²) < 4.78 is 0. The molecule has 0 unspecified atom stereocenters. The van der Waals surface area contributed by atoms with Gasteiger partial charge in [0, 0.05) is 51.4 Å². The number of amides is 2. The minimum atomic E-state index is -0.132. The number of hydrogen-bond donors (Lipinski definition) is 4. The molecule has 0 atom stereocenters. The summed E-state index contributed by atoms with van der Waals surface area (Å²) in [6.07, 6.45) is 0. The van der Waals surface area contributed by atoms with Crippen molar-refractivity contribution in [3.63, 3.8) is 0 Å². The van der Waals surface area contributed by atoms with Gasteiger partial charge in [0.25, 0.3) is 0 Å². The Hall–Kier alpha value is -3.42. The second kappa shape index (κ2) is 8.08. The number of carbonyl (C=O) groups excluding carboxylic acids is 2. The van der Waals surface area contributed by atoms with Crippen LogP contribution in [0, 0.1) is 0 Å². The number of nitrogens with two attached hydrogens (primary N) is 2. The number of anilines is 6. The van der Waals surface area contributed by atoms with E-state index < -0.39 is 0 Å². The molecule has 3 rings (SSSR count). The van der Waals surface area contributed by atoms with Gasteiger partial charge in [0.1, 0.15) is 0 Å². The molecular weight excluding hydrogens is 356 g/mol. The van der Waals surface area contributed by atoms with Gasteiger partial charge in [-0.25, -0.2) is 0 Å². The lowest BCUT2D eigenvalue weighted by Gasteiger charge is -2.38. The predicted octanol–water partition coefficient (Wildman–Crippen LogP) is 2.09. The molecule has 8 heteroatoms.